The van der Waals surface area contributed by atoms with Gasteiger partial charge in [-0.1, -0.05) is 35.1 Å². The summed E-state index contributed by atoms with van der Waals surface area (Å²) in [6.45, 7) is 0. The molecular formula is C15H12ClN3O3S. The van der Waals surface area contributed by atoms with E-state index in [2.05, 4.69) is 10.2 Å². The fourth-order valence-electron chi connectivity index (χ4n) is 2.06. The number of benzene rings is 1. The number of hydrogen-bond donors (Lipinski definition) is 0. The molecular weight excluding hydrogens is 338 g/mol. The molecule has 0 radical (unpaired) electrons. The Hall–Kier alpha value is -2.38. The van der Waals surface area contributed by atoms with Crippen LogP contribution in [0.15, 0.2) is 36.7 Å². The molecule has 0 unspecified atom stereocenters. The predicted octanol–water partition coefficient (Wildman–Crippen LogP) is 3.27. The molecule has 118 valence electrons. The molecule has 0 saturated heterocycles. The van der Waals surface area contributed by atoms with Crippen molar-refractivity contribution in [1.82, 2.24) is 14.6 Å². The first kappa shape index (κ1) is 15.5. The Morgan fingerprint density at radius 1 is 1.26 bits per heavy atom. The molecule has 23 heavy (non-hydrogen) atoms. The van der Waals surface area contributed by atoms with Crippen LogP contribution in [0.3, 0.4) is 0 Å². The van der Waals surface area contributed by atoms with E-state index in [-0.39, 0.29) is 5.57 Å². The van der Waals surface area contributed by atoms with E-state index in [0.29, 0.717) is 15.8 Å². The first-order valence-corrected chi connectivity index (χ1v) is 7.75. The monoisotopic (exact) mass is 349 g/mol. The zero-order valence-corrected chi connectivity index (χ0v) is 13.9. The minimum Gasteiger partial charge on any atom is -0.503 e. The van der Waals surface area contributed by atoms with Crippen LogP contribution in [0.5, 0.6) is 0 Å². The quantitative estimate of drug-likeness (QED) is 0.411. The van der Waals surface area contributed by atoms with Crippen molar-refractivity contribution >= 4 is 39.4 Å². The second kappa shape index (κ2) is 6.39. The molecule has 8 heteroatoms. The zero-order chi connectivity index (χ0) is 16.4. The Balaban J connectivity index is 2.08. The van der Waals surface area contributed by atoms with Crippen LogP contribution >= 0.6 is 22.9 Å². The first-order valence-electron chi connectivity index (χ1n) is 6.56. The Labute approximate surface area is 140 Å². The molecule has 0 bridgehead atoms. The van der Waals surface area contributed by atoms with Gasteiger partial charge < -0.3 is 9.47 Å². The van der Waals surface area contributed by atoms with Crippen molar-refractivity contribution in [3.63, 3.8) is 0 Å². The number of ether oxygens (including phenoxy) is 2. The van der Waals surface area contributed by atoms with Crippen molar-refractivity contribution in [2.45, 2.75) is 0 Å². The number of nitrogens with zero attached hydrogens (tertiary/aromatic N) is 3. The second-order valence-electron chi connectivity index (χ2n) is 4.54. The molecule has 6 nitrogen and oxygen atoms in total. The fraction of sp³-hybridized carbons (Fsp3) is 0.133. The van der Waals surface area contributed by atoms with Gasteiger partial charge in [0.25, 0.3) is 0 Å². The Bertz CT molecular complexity index is 883. The minimum atomic E-state index is -0.541. The molecule has 0 atom stereocenters. The van der Waals surface area contributed by atoms with Crippen LogP contribution < -0.4 is 0 Å². The number of halogens is 1. The van der Waals surface area contributed by atoms with Crippen LogP contribution in [0.1, 0.15) is 5.82 Å². The lowest BCUT2D eigenvalue weighted by atomic mass is 10.2. The summed E-state index contributed by atoms with van der Waals surface area (Å²) < 4.78 is 11.4. The third-order valence-corrected chi connectivity index (χ3v) is 4.40. The molecule has 0 aliphatic rings. The van der Waals surface area contributed by atoms with E-state index in [1.54, 1.807) is 4.40 Å². The van der Waals surface area contributed by atoms with Crippen LogP contribution in [-0.2, 0) is 14.3 Å². The van der Waals surface area contributed by atoms with Crippen LogP contribution in [0.4, 0.5) is 0 Å². The minimum absolute atomic E-state index is 0.197. The van der Waals surface area contributed by atoms with E-state index in [9.17, 15) is 4.79 Å². The van der Waals surface area contributed by atoms with E-state index in [4.69, 9.17) is 21.1 Å². The van der Waals surface area contributed by atoms with E-state index in [0.717, 1.165) is 10.4 Å². The lowest BCUT2D eigenvalue weighted by Gasteiger charge is -2.02. The van der Waals surface area contributed by atoms with Crippen LogP contribution in [0.25, 0.3) is 21.0 Å². The van der Waals surface area contributed by atoms with Crippen molar-refractivity contribution < 1.29 is 14.3 Å². The smallest absolute Gasteiger partial charge is 0.344 e. The lowest BCUT2D eigenvalue weighted by molar-refractivity contribution is -0.133. The van der Waals surface area contributed by atoms with Gasteiger partial charge in [0.1, 0.15) is 11.8 Å². The highest BCUT2D eigenvalue weighted by Gasteiger charge is 2.21. The molecule has 1 aromatic carbocycles. The number of aromatic nitrogens is 3. The zero-order valence-electron chi connectivity index (χ0n) is 12.3. The van der Waals surface area contributed by atoms with E-state index >= 15 is 0 Å². The third-order valence-electron chi connectivity index (χ3n) is 3.12. The first-order chi connectivity index (χ1) is 11.1. The molecule has 0 aliphatic carbocycles. The van der Waals surface area contributed by atoms with E-state index in [1.807, 2.05) is 30.5 Å². The molecule has 0 fully saturated rings. The van der Waals surface area contributed by atoms with Gasteiger partial charge in [-0.15, -0.1) is 10.2 Å². The Kier molecular flexibility index (Phi) is 4.31. The second-order valence-corrected chi connectivity index (χ2v) is 5.98. The third kappa shape index (κ3) is 2.93. The molecule has 3 rings (SSSR count). The fourth-order valence-corrected chi connectivity index (χ4v) is 3.11. The van der Waals surface area contributed by atoms with Gasteiger partial charge in [0.15, 0.2) is 5.82 Å². The standard InChI is InChI=1S/C15H12ClN3O3S/c1-21-8-11(14(20)22-2)13-17-18-15-19(13)7-12(23-15)9-3-5-10(16)6-4-9/h3-8H,1-2H3/b11-8+. The maximum absolute atomic E-state index is 11.9. The van der Waals surface area contributed by atoms with E-state index < -0.39 is 5.97 Å². The number of methoxy groups -OCH3 is 2. The average molecular weight is 350 g/mol. The summed E-state index contributed by atoms with van der Waals surface area (Å²) in [6.07, 6.45) is 3.16. The predicted molar refractivity (Wildman–Crippen MR) is 88.3 cm³/mol. The molecule has 3 aromatic rings. The van der Waals surface area contributed by atoms with Crippen molar-refractivity contribution in [1.29, 1.82) is 0 Å². The van der Waals surface area contributed by atoms with Crippen LogP contribution in [-0.4, -0.2) is 34.8 Å². The summed E-state index contributed by atoms with van der Waals surface area (Å²) in [5.41, 5.74) is 1.20. The molecule has 0 amide bonds. The highest BCUT2D eigenvalue weighted by molar-refractivity contribution is 7.20. The van der Waals surface area contributed by atoms with E-state index in [1.165, 1.54) is 31.8 Å². The van der Waals surface area contributed by atoms with Crippen molar-refractivity contribution in [2.24, 2.45) is 0 Å². The van der Waals surface area contributed by atoms with Gasteiger partial charge in [0, 0.05) is 11.2 Å². The maximum atomic E-state index is 11.9. The van der Waals surface area contributed by atoms with Crippen LogP contribution in [0, 0.1) is 0 Å². The Morgan fingerprint density at radius 3 is 2.65 bits per heavy atom. The van der Waals surface area contributed by atoms with Gasteiger partial charge in [-0.3, -0.25) is 4.40 Å². The van der Waals surface area contributed by atoms with Gasteiger partial charge in [0.05, 0.1) is 19.1 Å². The highest BCUT2D eigenvalue weighted by atomic mass is 35.5. The average Bonchev–Trinajstić information content (AvgIpc) is 3.13. The lowest BCUT2D eigenvalue weighted by Crippen LogP contribution is -2.07. The van der Waals surface area contributed by atoms with Crippen LogP contribution in [0.2, 0.25) is 5.02 Å². The number of carbonyl (C=O) groups is 1. The van der Waals surface area contributed by atoms with Crippen molar-refractivity contribution in [3.05, 3.63) is 47.6 Å². The molecule has 0 saturated carbocycles. The maximum Gasteiger partial charge on any atom is 0.344 e. The highest BCUT2D eigenvalue weighted by Crippen LogP contribution is 2.30. The Morgan fingerprint density at radius 2 is 2.00 bits per heavy atom. The summed E-state index contributed by atoms with van der Waals surface area (Å²) in [5, 5.41) is 8.82. The van der Waals surface area contributed by atoms with Gasteiger partial charge in [0.2, 0.25) is 4.96 Å². The summed E-state index contributed by atoms with van der Waals surface area (Å²) >= 11 is 7.37. The SMILES string of the molecule is CO/C=C(/C(=O)OC)c1nnc2sc(-c3ccc(Cl)cc3)cn12. The van der Waals surface area contributed by atoms with Crippen molar-refractivity contribution in [2.75, 3.05) is 14.2 Å². The van der Waals surface area contributed by atoms with Crippen molar-refractivity contribution in [3.8, 4) is 10.4 Å². The molecule has 0 spiro atoms. The molecule has 2 heterocycles. The summed E-state index contributed by atoms with van der Waals surface area (Å²) in [5.74, 6) is -0.175. The number of hydrogen-bond acceptors (Lipinski definition) is 6. The topological polar surface area (TPSA) is 65.7 Å². The van der Waals surface area contributed by atoms with Gasteiger partial charge in [-0.2, -0.15) is 0 Å². The molecule has 0 N–H and O–H groups in total. The largest absolute Gasteiger partial charge is 0.503 e. The summed E-state index contributed by atoms with van der Waals surface area (Å²) in [6, 6.07) is 7.49. The normalized spacial score (nSPS) is 11.7. The number of esters is 1. The molecule has 0 aliphatic heterocycles. The number of rotatable bonds is 4. The van der Waals surface area contributed by atoms with Gasteiger partial charge >= 0.3 is 5.97 Å². The summed E-state index contributed by atoms with van der Waals surface area (Å²) in [4.78, 5) is 13.5. The van der Waals surface area contributed by atoms with Gasteiger partial charge in [-0.05, 0) is 17.7 Å². The van der Waals surface area contributed by atoms with Gasteiger partial charge in [-0.25, -0.2) is 4.79 Å². The molecule has 2 aromatic heterocycles. The number of fused-ring (bicyclic) bond motifs is 1. The summed E-state index contributed by atoms with van der Waals surface area (Å²) in [7, 11) is 2.75. The number of carbonyl (C=O) groups excluding carboxylic acids is 1. The number of thiazole rings is 1.